The van der Waals surface area contributed by atoms with Gasteiger partial charge in [0, 0.05) is 0 Å². The molecule has 0 spiro atoms. The number of fused-ring (bicyclic) bond motifs is 5. The van der Waals surface area contributed by atoms with Gasteiger partial charge in [-0.2, -0.15) is 0 Å². The Labute approximate surface area is 97.1 Å². The topological polar surface area (TPSA) is 26.3 Å². The number of rotatable bonds is 2. The molecular formula is C14H20O2. The van der Waals surface area contributed by atoms with Crippen LogP contribution in [0.15, 0.2) is 12.2 Å². The van der Waals surface area contributed by atoms with Crippen LogP contribution in [0.3, 0.4) is 0 Å². The summed E-state index contributed by atoms with van der Waals surface area (Å²) in [6.07, 6.45) is 8.55. The van der Waals surface area contributed by atoms with Crippen LogP contribution >= 0.6 is 0 Å². The van der Waals surface area contributed by atoms with Crippen LogP contribution in [0.4, 0.5) is 0 Å². The molecule has 0 aromatic carbocycles. The first-order chi connectivity index (χ1) is 7.66. The summed E-state index contributed by atoms with van der Waals surface area (Å²) < 4.78 is 5.65. The van der Waals surface area contributed by atoms with Crippen molar-refractivity contribution in [3.8, 4) is 0 Å². The molecule has 2 bridgehead atoms. The summed E-state index contributed by atoms with van der Waals surface area (Å²) in [7, 11) is 0. The van der Waals surface area contributed by atoms with E-state index in [0.29, 0.717) is 5.92 Å². The monoisotopic (exact) mass is 220 g/mol. The van der Waals surface area contributed by atoms with Crippen LogP contribution in [0.1, 0.15) is 33.1 Å². The molecule has 0 radical (unpaired) electrons. The first kappa shape index (κ1) is 10.4. The second kappa shape index (κ2) is 3.61. The molecule has 3 aliphatic rings. The van der Waals surface area contributed by atoms with Crippen LogP contribution in [0.25, 0.3) is 0 Å². The van der Waals surface area contributed by atoms with E-state index in [9.17, 15) is 4.79 Å². The van der Waals surface area contributed by atoms with Gasteiger partial charge in [0.15, 0.2) is 0 Å². The minimum absolute atomic E-state index is 0.0108. The van der Waals surface area contributed by atoms with E-state index < -0.39 is 0 Å². The molecule has 16 heavy (non-hydrogen) atoms. The molecule has 0 aromatic rings. The number of carbonyl (C=O) groups excluding carboxylic acids is 1. The summed E-state index contributed by atoms with van der Waals surface area (Å²) in [6.45, 7) is 3.82. The first-order valence-corrected chi connectivity index (χ1v) is 6.54. The molecule has 2 saturated carbocycles. The van der Waals surface area contributed by atoms with E-state index in [4.69, 9.17) is 4.74 Å². The average molecular weight is 220 g/mol. The van der Waals surface area contributed by atoms with Crippen molar-refractivity contribution in [1.29, 1.82) is 0 Å². The molecule has 2 fully saturated rings. The lowest BCUT2D eigenvalue weighted by molar-refractivity contribution is -0.156. The van der Waals surface area contributed by atoms with Crippen molar-refractivity contribution in [3.05, 3.63) is 12.2 Å². The molecule has 88 valence electrons. The Morgan fingerprint density at radius 3 is 2.88 bits per heavy atom. The van der Waals surface area contributed by atoms with E-state index in [0.717, 1.165) is 24.2 Å². The van der Waals surface area contributed by atoms with E-state index in [1.54, 1.807) is 0 Å². The lowest BCUT2D eigenvalue weighted by Gasteiger charge is -2.31. The van der Waals surface area contributed by atoms with Gasteiger partial charge in [-0.1, -0.05) is 26.0 Å². The molecule has 0 aliphatic heterocycles. The Morgan fingerprint density at radius 1 is 1.31 bits per heavy atom. The van der Waals surface area contributed by atoms with Crippen molar-refractivity contribution < 1.29 is 9.53 Å². The number of ether oxygens (including phenoxy) is 1. The first-order valence-electron chi connectivity index (χ1n) is 6.54. The van der Waals surface area contributed by atoms with Gasteiger partial charge in [-0.05, 0) is 42.9 Å². The molecule has 0 saturated heterocycles. The number of carbonyl (C=O) groups is 1. The highest BCUT2D eigenvalue weighted by molar-refractivity contribution is 5.71. The lowest BCUT2D eigenvalue weighted by atomic mass is 9.80. The van der Waals surface area contributed by atoms with Gasteiger partial charge in [0.1, 0.15) is 6.10 Å². The molecule has 2 unspecified atom stereocenters. The number of hydrogen-bond acceptors (Lipinski definition) is 2. The van der Waals surface area contributed by atoms with Crippen LogP contribution in [0.2, 0.25) is 0 Å². The highest BCUT2D eigenvalue weighted by Gasteiger charge is 2.53. The Kier molecular flexibility index (Phi) is 2.34. The second-order valence-corrected chi connectivity index (χ2v) is 5.93. The van der Waals surface area contributed by atoms with Crippen LogP contribution in [-0.4, -0.2) is 12.1 Å². The van der Waals surface area contributed by atoms with Gasteiger partial charge in [-0.25, -0.2) is 0 Å². The molecule has 0 heterocycles. The summed E-state index contributed by atoms with van der Waals surface area (Å²) in [5.41, 5.74) is 0. The predicted octanol–water partition coefficient (Wildman–Crippen LogP) is 2.79. The SMILES string of the molecule is CC(C)C(=O)O[C@H]1CC2CC1[C@H]1CC=C[C@@H]21. The Balaban J connectivity index is 1.67. The summed E-state index contributed by atoms with van der Waals surface area (Å²) >= 11 is 0. The fourth-order valence-electron chi connectivity index (χ4n) is 3.92. The molecule has 3 rings (SSSR count). The molecule has 0 amide bonds. The van der Waals surface area contributed by atoms with Crippen molar-refractivity contribution in [2.75, 3.05) is 0 Å². The van der Waals surface area contributed by atoms with Gasteiger partial charge in [0.2, 0.25) is 0 Å². The van der Waals surface area contributed by atoms with Crippen molar-refractivity contribution in [2.24, 2.45) is 29.6 Å². The summed E-state index contributed by atoms with van der Waals surface area (Å²) in [5.74, 6) is 3.02. The summed E-state index contributed by atoms with van der Waals surface area (Å²) in [5, 5.41) is 0. The molecular weight excluding hydrogens is 200 g/mol. The van der Waals surface area contributed by atoms with Crippen LogP contribution in [0.5, 0.6) is 0 Å². The maximum atomic E-state index is 11.6. The fraction of sp³-hybridized carbons (Fsp3) is 0.786. The zero-order valence-corrected chi connectivity index (χ0v) is 10.1. The largest absolute Gasteiger partial charge is 0.462 e. The molecule has 5 atom stereocenters. The van der Waals surface area contributed by atoms with Crippen molar-refractivity contribution in [2.45, 2.75) is 39.2 Å². The van der Waals surface area contributed by atoms with Gasteiger partial charge < -0.3 is 4.74 Å². The predicted molar refractivity (Wildman–Crippen MR) is 61.7 cm³/mol. The van der Waals surface area contributed by atoms with E-state index in [-0.39, 0.29) is 18.0 Å². The van der Waals surface area contributed by atoms with Gasteiger partial charge in [0.05, 0.1) is 5.92 Å². The van der Waals surface area contributed by atoms with Crippen molar-refractivity contribution >= 4 is 5.97 Å². The van der Waals surface area contributed by atoms with E-state index in [1.807, 2.05) is 13.8 Å². The number of allylic oxidation sites excluding steroid dienone is 2. The van der Waals surface area contributed by atoms with Gasteiger partial charge in [0.25, 0.3) is 0 Å². The van der Waals surface area contributed by atoms with E-state index >= 15 is 0 Å². The minimum atomic E-state index is -0.0138. The Morgan fingerprint density at radius 2 is 2.12 bits per heavy atom. The summed E-state index contributed by atoms with van der Waals surface area (Å²) in [4.78, 5) is 11.6. The molecule has 2 nitrogen and oxygen atoms in total. The third-order valence-electron chi connectivity index (χ3n) is 4.68. The molecule has 2 heteroatoms. The van der Waals surface area contributed by atoms with Crippen molar-refractivity contribution in [3.63, 3.8) is 0 Å². The highest BCUT2D eigenvalue weighted by atomic mass is 16.5. The second-order valence-electron chi connectivity index (χ2n) is 5.93. The number of esters is 1. The zero-order valence-electron chi connectivity index (χ0n) is 10.1. The molecule has 0 aromatic heterocycles. The minimum Gasteiger partial charge on any atom is -0.462 e. The fourth-order valence-corrected chi connectivity index (χ4v) is 3.92. The molecule has 0 N–H and O–H groups in total. The van der Waals surface area contributed by atoms with E-state index in [1.165, 1.54) is 12.8 Å². The van der Waals surface area contributed by atoms with Crippen LogP contribution < -0.4 is 0 Å². The summed E-state index contributed by atoms with van der Waals surface area (Å²) in [6, 6.07) is 0. The number of hydrogen-bond donors (Lipinski definition) is 0. The maximum Gasteiger partial charge on any atom is 0.308 e. The Hall–Kier alpha value is -0.790. The average Bonchev–Trinajstić information content (AvgIpc) is 2.87. The zero-order chi connectivity index (χ0) is 11.3. The molecule has 3 aliphatic carbocycles. The third kappa shape index (κ3) is 1.42. The van der Waals surface area contributed by atoms with Crippen LogP contribution in [0, 0.1) is 29.6 Å². The smallest absolute Gasteiger partial charge is 0.308 e. The lowest BCUT2D eigenvalue weighted by Crippen LogP contribution is -2.33. The maximum absolute atomic E-state index is 11.6. The quantitative estimate of drug-likeness (QED) is 0.528. The Bertz CT molecular complexity index is 332. The highest BCUT2D eigenvalue weighted by Crippen LogP contribution is 2.57. The van der Waals surface area contributed by atoms with Crippen LogP contribution in [-0.2, 0) is 9.53 Å². The third-order valence-corrected chi connectivity index (χ3v) is 4.68. The van der Waals surface area contributed by atoms with Crippen molar-refractivity contribution in [1.82, 2.24) is 0 Å². The van der Waals surface area contributed by atoms with E-state index in [2.05, 4.69) is 12.2 Å². The van der Waals surface area contributed by atoms with Gasteiger partial charge >= 0.3 is 5.97 Å². The standard InChI is InChI=1S/C14H20O2/c1-8(2)14(15)16-13-7-9-6-12(13)11-5-3-4-10(9)11/h3-4,8-13H,5-7H2,1-2H3/t9?,10-,11-,12?,13-/m0/s1. The normalized spacial score (nSPS) is 44.1. The van der Waals surface area contributed by atoms with Gasteiger partial charge in [-0.15, -0.1) is 0 Å². The van der Waals surface area contributed by atoms with Gasteiger partial charge in [-0.3, -0.25) is 4.79 Å².